The summed E-state index contributed by atoms with van der Waals surface area (Å²) in [5.74, 6) is -0.722. The van der Waals surface area contributed by atoms with Crippen LogP contribution in [-0.4, -0.2) is 25.8 Å². The average molecular weight is 281 g/mol. The Kier molecular flexibility index (Phi) is 4.75. The second-order valence-electron chi connectivity index (χ2n) is 3.82. The highest BCUT2D eigenvalue weighted by Gasteiger charge is 2.32. The van der Waals surface area contributed by atoms with Crippen molar-refractivity contribution in [2.24, 2.45) is 0 Å². The predicted octanol–water partition coefficient (Wildman–Crippen LogP) is 2.73. The number of carbonyl (C=O) groups is 1. The Balaban J connectivity index is 2.92. The van der Waals surface area contributed by atoms with Crippen molar-refractivity contribution in [2.75, 3.05) is 13.7 Å². The molecule has 3 nitrogen and oxygen atoms in total. The van der Waals surface area contributed by atoms with E-state index in [4.69, 9.17) is 0 Å². The minimum atomic E-state index is -4.37. The van der Waals surface area contributed by atoms with Gasteiger partial charge in [-0.05, 0) is 25.5 Å². The van der Waals surface area contributed by atoms with Gasteiger partial charge in [0.1, 0.15) is 6.04 Å². The predicted molar refractivity (Wildman–Crippen MR) is 62.6 cm³/mol. The third-order valence-electron chi connectivity index (χ3n) is 2.33. The number of carbonyl (C=O) groups excluding carboxylic acids is 1. The molecule has 1 aromatic rings. The van der Waals surface area contributed by atoms with Gasteiger partial charge in [-0.15, -0.1) is 11.3 Å². The van der Waals surface area contributed by atoms with Gasteiger partial charge in [0.2, 0.25) is 0 Å². The quantitative estimate of drug-likeness (QED) is 0.862. The fraction of sp³-hybridized carbons (Fsp3) is 0.545. The van der Waals surface area contributed by atoms with Crippen molar-refractivity contribution in [1.82, 2.24) is 5.32 Å². The van der Waals surface area contributed by atoms with Gasteiger partial charge in [-0.25, -0.2) is 4.79 Å². The van der Waals surface area contributed by atoms with Crippen LogP contribution in [0.15, 0.2) is 6.07 Å². The smallest absolute Gasteiger partial charge is 0.401 e. The van der Waals surface area contributed by atoms with E-state index in [0.29, 0.717) is 5.56 Å². The Morgan fingerprint density at radius 1 is 1.50 bits per heavy atom. The van der Waals surface area contributed by atoms with Crippen LogP contribution in [0, 0.1) is 13.8 Å². The molecule has 1 atom stereocenters. The molecule has 0 fully saturated rings. The third kappa shape index (κ3) is 3.99. The first-order valence-electron chi connectivity index (χ1n) is 5.19. The van der Waals surface area contributed by atoms with E-state index in [1.807, 2.05) is 6.92 Å². The molecule has 0 aliphatic rings. The van der Waals surface area contributed by atoms with Crippen LogP contribution < -0.4 is 5.32 Å². The van der Waals surface area contributed by atoms with E-state index < -0.39 is 24.7 Å². The maximum Gasteiger partial charge on any atom is 0.401 e. The number of alkyl halides is 3. The third-order valence-corrected chi connectivity index (χ3v) is 3.32. The maximum absolute atomic E-state index is 12.2. The molecule has 0 bridgehead atoms. The van der Waals surface area contributed by atoms with E-state index in [0.717, 1.165) is 16.9 Å². The normalized spacial score (nSPS) is 13.4. The van der Waals surface area contributed by atoms with E-state index in [1.165, 1.54) is 11.3 Å². The second kappa shape index (κ2) is 5.71. The van der Waals surface area contributed by atoms with Crippen LogP contribution in [0.4, 0.5) is 13.2 Å². The Bertz CT molecular complexity index is 428. The number of hydrogen-bond donors (Lipinski definition) is 1. The van der Waals surface area contributed by atoms with Crippen molar-refractivity contribution < 1.29 is 22.7 Å². The first-order chi connectivity index (χ1) is 8.24. The Morgan fingerprint density at radius 3 is 2.50 bits per heavy atom. The fourth-order valence-electron chi connectivity index (χ4n) is 1.59. The number of nitrogens with one attached hydrogen (secondary N) is 1. The highest BCUT2D eigenvalue weighted by atomic mass is 32.1. The summed E-state index contributed by atoms with van der Waals surface area (Å²) in [4.78, 5) is 13.3. The molecule has 0 aromatic carbocycles. The molecule has 1 N–H and O–H groups in total. The van der Waals surface area contributed by atoms with Crippen molar-refractivity contribution in [3.8, 4) is 0 Å². The van der Waals surface area contributed by atoms with Crippen LogP contribution in [0.1, 0.15) is 21.4 Å². The number of esters is 1. The SMILES string of the molecule is COC(=O)C(NCC(F)(F)F)c1cc(C)sc1C. The summed E-state index contributed by atoms with van der Waals surface area (Å²) in [6.45, 7) is 2.36. The summed E-state index contributed by atoms with van der Waals surface area (Å²) in [7, 11) is 1.15. The molecule has 0 saturated heterocycles. The van der Waals surface area contributed by atoms with Crippen LogP contribution in [0.25, 0.3) is 0 Å². The molecule has 0 amide bonds. The monoisotopic (exact) mass is 281 g/mol. The second-order valence-corrected chi connectivity index (χ2v) is 5.28. The lowest BCUT2D eigenvalue weighted by atomic mass is 10.1. The number of thiophene rings is 1. The topological polar surface area (TPSA) is 38.3 Å². The molecular formula is C11H14F3NO2S. The zero-order valence-corrected chi connectivity index (χ0v) is 11.0. The lowest BCUT2D eigenvalue weighted by molar-refractivity contribution is -0.146. The van der Waals surface area contributed by atoms with Crippen molar-refractivity contribution in [3.63, 3.8) is 0 Å². The van der Waals surface area contributed by atoms with Gasteiger partial charge in [0.15, 0.2) is 0 Å². The van der Waals surface area contributed by atoms with Crippen LogP contribution >= 0.6 is 11.3 Å². The Labute approximate surface area is 107 Å². The lowest BCUT2D eigenvalue weighted by Gasteiger charge is -2.17. The zero-order valence-electron chi connectivity index (χ0n) is 10.2. The molecule has 1 rings (SSSR count). The summed E-state index contributed by atoms with van der Waals surface area (Å²) in [6, 6.07) is 0.617. The van der Waals surface area contributed by atoms with Gasteiger partial charge >= 0.3 is 12.1 Å². The molecule has 0 saturated carbocycles. The van der Waals surface area contributed by atoms with Crippen molar-refractivity contribution in [3.05, 3.63) is 21.4 Å². The number of aryl methyl sites for hydroxylation is 2. The van der Waals surface area contributed by atoms with Crippen molar-refractivity contribution in [2.45, 2.75) is 26.1 Å². The van der Waals surface area contributed by atoms with Gasteiger partial charge in [0.05, 0.1) is 13.7 Å². The first kappa shape index (κ1) is 15.0. The minimum Gasteiger partial charge on any atom is -0.468 e. The lowest BCUT2D eigenvalue weighted by Crippen LogP contribution is -2.36. The number of rotatable bonds is 4. The number of methoxy groups -OCH3 is 1. The summed E-state index contributed by atoms with van der Waals surface area (Å²) in [5.41, 5.74) is 0.536. The van der Waals surface area contributed by atoms with E-state index >= 15 is 0 Å². The van der Waals surface area contributed by atoms with Crippen LogP contribution in [-0.2, 0) is 9.53 Å². The maximum atomic E-state index is 12.2. The van der Waals surface area contributed by atoms with Gasteiger partial charge in [-0.1, -0.05) is 0 Å². The van der Waals surface area contributed by atoms with Gasteiger partial charge in [0.25, 0.3) is 0 Å². The number of ether oxygens (including phenoxy) is 1. The van der Waals surface area contributed by atoms with Gasteiger partial charge in [0, 0.05) is 9.75 Å². The Morgan fingerprint density at radius 2 is 2.11 bits per heavy atom. The molecule has 1 aromatic heterocycles. The van der Waals surface area contributed by atoms with Gasteiger partial charge < -0.3 is 4.74 Å². The highest BCUT2D eigenvalue weighted by molar-refractivity contribution is 7.12. The zero-order chi connectivity index (χ0) is 13.9. The molecule has 7 heteroatoms. The average Bonchev–Trinajstić information content (AvgIpc) is 2.56. The standard InChI is InChI=1S/C11H14F3NO2S/c1-6-4-8(7(2)18-6)9(10(16)17-3)15-5-11(12,13)14/h4,9,15H,5H2,1-3H3. The molecular weight excluding hydrogens is 267 g/mol. The molecule has 1 heterocycles. The van der Waals surface area contributed by atoms with Gasteiger partial charge in [-0.2, -0.15) is 13.2 Å². The van der Waals surface area contributed by atoms with E-state index in [2.05, 4.69) is 10.1 Å². The summed E-state index contributed by atoms with van der Waals surface area (Å²) in [5, 5.41) is 2.19. The van der Waals surface area contributed by atoms with Crippen molar-refractivity contribution in [1.29, 1.82) is 0 Å². The summed E-state index contributed by atoms with van der Waals surface area (Å²) >= 11 is 1.43. The van der Waals surface area contributed by atoms with Crippen LogP contribution in [0.3, 0.4) is 0 Å². The van der Waals surface area contributed by atoms with Crippen molar-refractivity contribution >= 4 is 17.3 Å². The minimum absolute atomic E-state index is 0.536. The molecule has 0 aliphatic heterocycles. The molecule has 102 valence electrons. The molecule has 0 spiro atoms. The molecule has 1 unspecified atom stereocenters. The Hall–Kier alpha value is -1.08. The largest absolute Gasteiger partial charge is 0.468 e. The fourth-order valence-corrected chi connectivity index (χ4v) is 2.56. The van der Waals surface area contributed by atoms with Crippen LogP contribution in [0.2, 0.25) is 0 Å². The van der Waals surface area contributed by atoms with Gasteiger partial charge in [-0.3, -0.25) is 5.32 Å². The highest BCUT2D eigenvalue weighted by Crippen LogP contribution is 2.28. The molecule has 0 aliphatic carbocycles. The molecule has 18 heavy (non-hydrogen) atoms. The number of hydrogen-bond acceptors (Lipinski definition) is 4. The number of halogens is 3. The summed E-state index contributed by atoms with van der Waals surface area (Å²) in [6.07, 6.45) is -4.37. The first-order valence-corrected chi connectivity index (χ1v) is 6.01. The summed E-state index contributed by atoms with van der Waals surface area (Å²) < 4.78 is 41.1. The van der Waals surface area contributed by atoms with Crippen LogP contribution in [0.5, 0.6) is 0 Å². The molecule has 0 radical (unpaired) electrons. The van der Waals surface area contributed by atoms with E-state index in [1.54, 1.807) is 13.0 Å². The van der Waals surface area contributed by atoms with E-state index in [-0.39, 0.29) is 0 Å². The van der Waals surface area contributed by atoms with E-state index in [9.17, 15) is 18.0 Å².